The number of urea groups is 1. The van der Waals surface area contributed by atoms with Gasteiger partial charge >= 0.3 is 6.03 Å². The molecular weight excluding hydrogens is 436 g/mol. The van der Waals surface area contributed by atoms with Gasteiger partial charge in [-0.05, 0) is 47.9 Å². The molecule has 0 aliphatic heterocycles. The van der Waals surface area contributed by atoms with Gasteiger partial charge in [-0.25, -0.2) is 4.79 Å². The molecule has 0 atom stereocenters. The number of carbonyl (C=O) groups excluding carboxylic acids is 1. The maximum absolute atomic E-state index is 13.2. The molecule has 1 N–H and O–H groups in total. The van der Waals surface area contributed by atoms with Crippen molar-refractivity contribution in [3.63, 3.8) is 0 Å². The molecule has 4 aromatic rings. The second-order valence-electron chi connectivity index (χ2n) is 8.40. The highest BCUT2D eigenvalue weighted by atomic mass is 16.5. The standard InChI is InChI=1S/C30H30N2O3/c1-23-13-16-27(17-14-23)31-30(33)32(20-24-9-5-3-6-10-24)21-26-15-18-28(29(19-26)34-2)35-22-25-11-7-4-8-12-25/h3-19H,20-22H2,1-2H3,(H,31,33). The first-order valence-electron chi connectivity index (χ1n) is 11.6. The first-order chi connectivity index (χ1) is 17.1. The summed E-state index contributed by atoms with van der Waals surface area (Å²) < 4.78 is 11.6. The van der Waals surface area contributed by atoms with Crippen LogP contribution in [0.2, 0.25) is 0 Å². The lowest BCUT2D eigenvalue weighted by atomic mass is 10.1. The molecule has 5 nitrogen and oxygen atoms in total. The second kappa shape index (κ2) is 11.7. The Kier molecular flexibility index (Phi) is 8.02. The van der Waals surface area contributed by atoms with Crippen molar-refractivity contribution in [2.24, 2.45) is 0 Å². The van der Waals surface area contributed by atoms with E-state index in [1.807, 2.05) is 110 Å². The molecular formula is C30H30N2O3. The number of rotatable bonds is 9. The van der Waals surface area contributed by atoms with E-state index in [1.165, 1.54) is 0 Å². The molecule has 35 heavy (non-hydrogen) atoms. The summed E-state index contributed by atoms with van der Waals surface area (Å²) >= 11 is 0. The SMILES string of the molecule is COc1cc(CN(Cc2ccccc2)C(=O)Nc2ccc(C)cc2)ccc1OCc1ccccc1. The Balaban J connectivity index is 1.50. The van der Waals surface area contributed by atoms with Crippen LogP contribution in [0.5, 0.6) is 11.5 Å². The van der Waals surface area contributed by atoms with E-state index in [-0.39, 0.29) is 6.03 Å². The van der Waals surface area contributed by atoms with Gasteiger partial charge in [0.05, 0.1) is 7.11 Å². The number of hydrogen-bond donors (Lipinski definition) is 1. The predicted molar refractivity (Wildman–Crippen MR) is 140 cm³/mol. The smallest absolute Gasteiger partial charge is 0.322 e. The number of benzene rings is 4. The van der Waals surface area contributed by atoms with E-state index in [0.717, 1.165) is 27.9 Å². The summed E-state index contributed by atoms with van der Waals surface area (Å²) in [6.45, 7) is 3.37. The van der Waals surface area contributed by atoms with Crippen LogP contribution < -0.4 is 14.8 Å². The van der Waals surface area contributed by atoms with Gasteiger partial charge in [0.15, 0.2) is 11.5 Å². The molecule has 0 radical (unpaired) electrons. The molecule has 0 heterocycles. The predicted octanol–water partition coefficient (Wildman–Crippen LogP) is 6.82. The van der Waals surface area contributed by atoms with E-state index >= 15 is 0 Å². The minimum absolute atomic E-state index is 0.166. The van der Waals surface area contributed by atoms with E-state index in [0.29, 0.717) is 31.2 Å². The Morgan fingerprint density at radius 1 is 0.743 bits per heavy atom. The Morgan fingerprint density at radius 3 is 2.03 bits per heavy atom. The zero-order valence-electron chi connectivity index (χ0n) is 20.1. The molecule has 0 aromatic heterocycles. The maximum atomic E-state index is 13.2. The zero-order valence-corrected chi connectivity index (χ0v) is 20.1. The number of anilines is 1. The first kappa shape index (κ1) is 23.9. The molecule has 0 spiro atoms. The Bertz CT molecular complexity index is 1230. The van der Waals surface area contributed by atoms with Gasteiger partial charge in [0.1, 0.15) is 6.61 Å². The number of hydrogen-bond acceptors (Lipinski definition) is 3. The van der Waals surface area contributed by atoms with Gasteiger partial charge in [-0.1, -0.05) is 84.4 Å². The molecule has 0 aliphatic carbocycles. The van der Waals surface area contributed by atoms with E-state index in [1.54, 1.807) is 12.0 Å². The minimum Gasteiger partial charge on any atom is -0.493 e. The van der Waals surface area contributed by atoms with Crippen molar-refractivity contribution in [3.05, 3.63) is 125 Å². The van der Waals surface area contributed by atoms with Crippen LogP contribution in [-0.2, 0) is 19.7 Å². The molecule has 0 aliphatic rings. The normalized spacial score (nSPS) is 10.5. The lowest BCUT2D eigenvalue weighted by molar-refractivity contribution is 0.206. The summed E-state index contributed by atoms with van der Waals surface area (Å²) in [5.41, 5.74) is 5.00. The molecule has 0 unspecified atom stereocenters. The Labute approximate surface area is 206 Å². The Hall–Kier alpha value is -4.25. The third-order valence-electron chi connectivity index (χ3n) is 5.64. The number of amides is 2. The quantitative estimate of drug-likeness (QED) is 0.295. The summed E-state index contributed by atoms with van der Waals surface area (Å²) in [7, 11) is 1.63. The topological polar surface area (TPSA) is 50.8 Å². The number of nitrogens with zero attached hydrogens (tertiary/aromatic N) is 1. The number of ether oxygens (including phenoxy) is 2. The van der Waals surface area contributed by atoms with Crippen LogP contribution in [0.25, 0.3) is 0 Å². The highest BCUT2D eigenvalue weighted by Gasteiger charge is 2.16. The second-order valence-corrected chi connectivity index (χ2v) is 8.40. The van der Waals surface area contributed by atoms with E-state index in [2.05, 4.69) is 5.32 Å². The van der Waals surface area contributed by atoms with Crippen molar-refractivity contribution in [3.8, 4) is 11.5 Å². The van der Waals surface area contributed by atoms with E-state index in [9.17, 15) is 4.79 Å². The maximum Gasteiger partial charge on any atom is 0.322 e. The monoisotopic (exact) mass is 466 g/mol. The first-order valence-corrected chi connectivity index (χ1v) is 11.6. The summed E-state index contributed by atoms with van der Waals surface area (Å²) in [6.07, 6.45) is 0. The van der Waals surface area contributed by atoms with Crippen molar-refractivity contribution in [1.82, 2.24) is 4.90 Å². The largest absolute Gasteiger partial charge is 0.493 e. The molecule has 4 rings (SSSR count). The van der Waals surface area contributed by atoms with Crippen LogP contribution in [0.15, 0.2) is 103 Å². The number of nitrogens with one attached hydrogen (secondary N) is 1. The zero-order chi connectivity index (χ0) is 24.5. The minimum atomic E-state index is -0.166. The summed E-state index contributed by atoms with van der Waals surface area (Å²) in [4.78, 5) is 15.0. The van der Waals surface area contributed by atoms with Crippen LogP contribution in [0, 0.1) is 6.92 Å². The lowest BCUT2D eigenvalue weighted by Gasteiger charge is -2.24. The molecule has 5 heteroatoms. The Morgan fingerprint density at radius 2 is 1.37 bits per heavy atom. The fourth-order valence-corrected chi connectivity index (χ4v) is 3.73. The highest BCUT2D eigenvalue weighted by molar-refractivity contribution is 5.89. The summed E-state index contributed by atoms with van der Waals surface area (Å²) in [5.74, 6) is 1.30. The van der Waals surface area contributed by atoms with Crippen molar-refractivity contribution < 1.29 is 14.3 Å². The van der Waals surface area contributed by atoms with Gasteiger partial charge in [0.2, 0.25) is 0 Å². The van der Waals surface area contributed by atoms with Crippen LogP contribution in [0.4, 0.5) is 10.5 Å². The van der Waals surface area contributed by atoms with Crippen LogP contribution in [0.3, 0.4) is 0 Å². The van der Waals surface area contributed by atoms with E-state index in [4.69, 9.17) is 9.47 Å². The van der Waals surface area contributed by atoms with Crippen molar-refractivity contribution in [1.29, 1.82) is 0 Å². The van der Waals surface area contributed by atoms with Crippen molar-refractivity contribution >= 4 is 11.7 Å². The van der Waals surface area contributed by atoms with E-state index < -0.39 is 0 Å². The summed E-state index contributed by atoms with van der Waals surface area (Å²) in [6, 6.07) is 33.4. The molecule has 0 saturated carbocycles. The van der Waals surface area contributed by atoms with Gasteiger partial charge in [-0.3, -0.25) is 0 Å². The third-order valence-corrected chi connectivity index (χ3v) is 5.64. The average Bonchev–Trinajstić information content (AvgIpc) is 2.90. The van der Waals surface area contributed by atoms with Crippen LogP contribution >= 0.6 is 0 Å². The fraction of sp³-hybridized carbons (Fsp3) is 0.167. The molecule has 2 amide bonds. The number of carbonyl (C=O) groups is 1. The van der Waals surface area contributed by atoms with Crippen molar-refractivity contribution in [2.75, 3.05) is 12.4 Å². The molecule has 4 aromatic carbocycles. The number of aryl methyl sites for hydroxylation is 1. The van der Waals surface area contributed by atoms with Gasteiger partial charge in [-0.15, -0.1) is 0 Å². The third kappa shape index (κ3) is 6.87. The van der Waals surface area contributed by atoms with Gasteiger partial charge in [0, 0.05) is 18.8 Å². The van der Waals surface area contributed by atoms with Gasteiger partial charge in [0.25, 0.3) is 0 Å². The molecule has 0 saturated heterocycles. The van der Waals surface area contributed by atoms with Crippen LogP contribution in [-0.4, -0.2) is 18.0 Å². The molecule has 178 valence electrons. The van der Waals surface area contributed by atoms with Gasteiger partial charge < -0.3 is 19.7 Å². The average molecular weight is 467 g/mol. The highest BCUT2D eigenvalue weighted by Crippen LogP contribution is 2.29. The molecule has 0 bridgehead atoms. The van der Waals surface area contributed by atoms with Crippen LogP contribution in [0.1, 0.15) is 22.3 Å². The molecule has 0 fully saturated rings. The number of methoxy groups -OCH3 is 1. The lowest BCUT2D eigenvalue weighted by Crippen LogP contribution is -2.34. The fourth-order valence-electron chi connectivity index (χ4n) is 3.73. The van der Waals surface area contributed by atoms with Crippen molar-refractivity contribution in [2.45, 2.75) is 26.6 Å². The summed E-state index contributed by atoms with van der Waals surface area (Å²) in [5, 5.41) is 3.02. The van der Waals surface area contributed by atoms with Gasteiger partial charge in [-0.2, -0.15) is 0 Å².